The van der Waals surface area contributed by atoms with Crippen molar-refractivity contribution in [3.63, 3.8) is 0 Å². The second-order valence-electron chi connectivity index (χ2n) is 8.38. The highest BCUT2D eigenvalue weighted by molar-refractivity contribution is 9.10. The van der Waals surface area contributed by atoms with Crippen molar-refractivity contribution in [3.05, 3.63) is 72.7 Å². The topological polar surface area (TPSA) is 137 Å². The van der Waals surface area contributed by atoms with Gasteiger partial charge in [-0.2, -0.15) is 9.78 Å². The number of carbonyl (C=O) groups is 1. The van der Waals surface area contributed by atoms with Gasteiger partial charge < -0.3 is 9.84 Å². The van der Waals surface area contributed by atoms with Crippen molar-refractivity contribution in [2.75, 3.05) is 0 Å². The summed E-state index contributed by atoms with van der Waals surface area (Å²) in [7, 11) is 0. The molecular formula is C24H23BrN4O6. The third kappa shape index (κ3) is 5.24. The summed E-state index contributed by atoms with van der Waals surface area (Å²) in [5.41, 5.74) is -0.0228. The maximum absolute atomic E-state index is 13.5. The minimum atomic E-state index is -1.33. The number of hydrogen-bond donors (Lipinski definition) is 1. The second-order valence-corrected chi connectivity index (χ2v) is 9.29. The van der Waals surface area contributed by atoms with Gasteiger partial charge in [0.05, 0.1) is 22.0 Å². The lowest BCUT2D eigenvalue weighted by Gasteiger charge is -2.22. The molecule has 0 unspecified atom stereocenters. The first-order valence-corrected chi connectivity index (χ1v) is 12.0. The quantitative estimate of drug-likeness (QED) is 0.256. The van der Waals surface area contributed by atoms with Gasteiger partial charge in [-0.1, -0.05) is 41.3 Å². The number of nitro groups is 1. The molecule has 0 spiro atoms. The molecule has 1 heterocycles. The molecule has 10 nitrogen and oxygen atoms in total. The molecule has 1 aromatic heterocycles. The van der Waals surface area contributed by atoms with E-state index in [1.807, 2.05) is 6.07 Å². The molecule has 0 amide bonds. The number of carboxylic acid groups (broad SMARTS) is 1. The number of ether oxygens (including phenoxy) is 1. The number of nitrogens with zero attached hydrogens (tertiary/aromatic N) is 4. The molecule has 1 N–H and O–H groups in total. The van der Waals surface area contributed by atoms with Gasteiger partial charge in [0.15, 0.2) is 6.10 Å². The number of carboxylic acids is 1. The number of aliphatic carboxylic acids is 1. The van der Waals surface area contributed by atoms with Crippen molar-refractivity contribution < 1.29 is 19.6 Å². The third-order valence-corrected chi connectivity index (χ3v) is 6.47. The first-order valence-electron chi connectivity index (χ1n) is 11.2. The van der Waals surface area contributed by atoms with Gasteiger partial charge in [0.2, 0.25) is 5.75 Å². The number of hydrogen-bond acceptors (Lipinski definition) is 7. The van der Waals surface area contributed by atoms with Crippen LogP contribution >= 0.6 is 15.9 Å². The van der Waals surface area contributed by atoms with Gasteiger partial charge >= 0.3 is 11.7 Å². The summed E-state index contributed by atoms with van der Waals surface area (Å²) in [5, 5.41) is 25.6. The lowest BCUT2D eigenvalue weighted by atomic mass is 9.88. The molecule has 1 saturated carbocycles. The number of fused-ring (bicyclic) bond motifs is 1. The lowest BCUT2D eigenvalue weighted by Crippen LogP contribution is -2.25. The van der Waals surface area contributed by atoms with Crippen LogP contribution in [0.25, 0.3) is 10.9 Å². The van der Waals surface area contributed by atoms with Crippen LogP contribution in [-0.4, -0.2) is 38.0 Å². The molecule has 1 fully saturated rings. The Hall–Kier alpha value is -3.60. The Balaban J connectivity index is 1.86. The monoisotopic (exact) mass is 542 g/mol. The number of nitro benzene ring substituents is 1. The molecule has 2 aromatic carbocycles. The molecule has 0 bridgehead atoms. The highest BCUT2D eigenvalue weighted by atomic mass is 79.9. The van der Waals surface area contributed by atoms with E-state index < -0.39 is 22.7 Å². The molecule has 1 aliphatic carbocycles. The van der Waals surface area contributed by atoms with Crippen LogP contribution in [0.2, 0.25) is 0 Å². The zero-order chi connectivity index (χ0) is 25.1. The van der Waals surface area contributed by atoms with Crippen LogP contribution in [0.5, 0.6) is 5.75 Å². The van der Waals surface area contributed by atoms with Crippen LogP contribution in [0.3, 0.4) is 0 Å². The number of rotatable bonds is 7. The molecular weight excluding hydrogens is 520 g/mol. The predicted octanol–water partition coefficient (Wildman–Crippen LogP) is 4.85. The average Bonchev–Trinajstić information content (AvgIpc) is 2.84. The Morgan fingerprint density at radius 2 is 2.06 bits per heavy atom. The van der Waals surface area contributed by atoms with E-state index in [1.54, 1.807) is 12.1 Å². The normalized spacial score (nSPS) is 15.4. The zero-order valence-electron chi connectivity index (χ0n) is 18.9. The zero-order valence-corrected chi connectivity index (χ0v) is 20.5. The van der Waals surface area contributed by atoms with Crippen molar-refractivity contribution in [1.82, 2.24) is 9.66 Å². The van der Waals surface area contributed by atoms with E-state index in [4.69, 9.17) is 9.72 Å². The Labute approximate surface area is 208 Å². The van der Waals surface area contributed by atoms with Gasteiger partial charge in [0, 0.05) is 22.0 Å². The molecule has 3 aromatic rings. The fraction of sp³-hybridized carbons (Fsp3) is 0.333. The van der Waals surface area contributed by atoms with Crippen LogP contribution in [-0.2, 0) is 4.79 Å². The van der Waals surface area contributed by atoms with E-state index >= 15 is 0 Å². The highest BCUT2D eigenvalue weighted by Crippen LogP contribution is 2.33. The van der Waals surface area contributed by atoms with E-state index in [0.29, 0.717) is 16.7 Å². The van der Waals surface area contributed by atoms with Gasteiger partial charge in [0.25, 0.3) is 5.56 Å². The molecule has 1 aliphatic rings. The maximum Gasteiger partial charge on any atom is 0.344 e. The van der Waals surface area contributed by atoms with Gasteiger partial charge in [-0.15, -0.1) is 0 Å². The van der Waals surface area contributed by atoms with Crippen LogP contribution in [0.4, 0.5) is 5.69 Å². The van der Waals surface area contributed by atoms with Crippen LogP contribution in [0, 0.1) is 10.1 Å². The number of halogens is 1. The van der Waals surface area contributed by atoms with Crippen molar-refractivity contribution in [3.8, 4) is 5.75 Å². The van der Waals surface area contributed by atoms with E-state index in [1.165, 1.54) is 36.0 Å². The maximum atomic E-state index is 13.5. The Kier molecular flexibility index (Phi) is 7.25. The van der Waals surface area contributed by atoms with Crippen molar-refractivity contribution >= 4 is 44.7 Å². The number of aromatic nitrogens is 2. The molecule has 182 valence electrons. The van der Waals surface area contributed by atoms with Crippen LogP contribution in [0.15, 0.2) is 50.8 Å². The molecule has 35 heavy (non-hydrogen) atoms. The van der Waals surface area contributed by atoms with Gasteiger partial charge in [-0.25, -0.2) is 9.78 Å². The van der Waals surface area contributed by atoms with Gasteiger partial charge in [0.1, 0.15) is 5.82 Å². The first kappa shape index (κ1) is 24.5. The van der Waals surface area contributed by atoms with Gasteiger partial charge in [-0.05, 0) is 44.0 Å². The number of benzene rings is 2. The Bertz CT molecular complexity index is 1380. The summed E-state index contributed by atoms with van der Waals surface area (Å²) in [4.78, 5) is 40.4. The number of para-hydroxylation sites is 1. The summed E-state index contributed by atoms with van der Waals surface area (Å²) in [5.74, 6) is -0.923. The first-order chi connectivity index (χ1) is 16.8. The molecule has 0 aliphatic heterocycles. The molecule has 4 rings (SSSR count). The largest absolute Gasteiger partial charge is 0.479 e. The van der Waals surface area contributed by atoms with Crippen molar-refractivity contribution in [2.24, 2.45) is 5.10 Å². The Morgan fingerprint density at radius 3 is 2.74 bits per heavy atom. The molecule has 11 heteroatoms. The summed E-state index contributed by atoms with van der Waals surface area (Å²) >= 11 is 3.38. The highest BCUT2D eigenvalue weighted by Gasteiger charge is 2.25. The summed E-state index contributed by atoms with van der Waals surface area (Å²) in [6, 6.07) is 9.45. The summed E-state index contributed by atoms with van der Waals surface area (Å²) in [6.45, 7) is 1.27. The standard InChI is InChI=1S/C24H23BrN4O6/c1-14(24(31)32)35-21-16(8-5-9-20(21)29(33)34)13-26-28-22(15-6-3-2-4-7-15)27-19-11-10-17(25)12-18(19)23(28)30/h5,8-15H,2-4,6-7H2,1H3,(H,31,32)/t14-/m1/s1. The Morgan fingerprint density at radius 1 is 1.31 bits per heavy atom. The minimum absolute atomic E-state index is 0.0505. The fourth-order valence-electron chi connectivity index (χ4n) is 4.17. The fourth-order valence-corrected chi connectivity index (χ4v) is 4.53. The summed E-state index contributed by atoms with van der Waals surface area (Å²) in [6.07, 6.45) is 4.88. The summed E-state index contributed by atoms with van der Waals surface area (Å²) < 4.78 is 7.38. The predicted molar refractivity (Wildman–Crippen MR) is 133 cm³/mol. The van der Waals surface area contributed by atoms with E-state index in [-0.39, 0.29) is 22.8 Å². The lowest BCUT2D eigenvalue weighted by molar-refractivity contribution is -0.386. The average molecular weight is 543 g/mol. The molecule has 0 saturated heterocycles. The second kappa shape index (κ2) is 10.3. The van der Waals surface area contributed by atoms with Crippen molar-refractivity contribution in [1.29, 1.82) is 0 Å². The SMILES string of the molecule is C[C@@H](Oc1c(C=Nn2c(C3CCCCC3)nc3ccc(Br)cc3c2=O)cccc1[N+](=O)[O-])C(=O)O. The van der Waals surface area contributed by atoms with E-state index in [2.05, 4.69) is 21.0 Å². The van der Waals surface area contributed by atoms with Crippen LogP contribution in [0.1, 0.15) is 56.3 Å². The minimum Gasteiger partial charge on any atom is -0.479 e. The van der Waals surface area contributed by atoms with Crippen LogP contribution < -0.4 is 10.3 Å². The third-order valence-electron chi connectivity index (χ3n) is 5.98. The molecule has 0 radical (unpaired) electrons. The van der Waals surface area contributed by atoms with Crippen molar-refractivity contribution in [2.45, 2.75) is 51.0 Å². The van der Waals surface area contributed by atoms with E-state index in [9.17, 15) is 24.8 Å². The van der Waals surface area contributed by atoms with E-state index in [0.717, 1.165) is 36.6 Å². The smallest absolute Gasteiger partial charge is 0.344 e. The molecule has 1 atom stereocenters. The van der Waals surface area contributed by atoms with Gasteiger partial charge in [-0.3, -0.25) is 14.9 Å².